The van der Waals surface area contributed by atoms with Crippen molar-refractivity contribution in [1.82, 2.24) is 0 Å². The average molecular weight is 194 g/mol. The first-order chi connectivity index (χ1) is 5.84. The molecule has 0 amide bonds. The lowest BCUT2D eigenvalue weighted by Gasteiger charge is -2.23. The Kier molecular flexibility index (Phi) is 2.50. The normalized spacial score (nSPS) is 24.8. The molecule has 0 aromatic rings. The van der Waals surface area contributed by atoms with Crippen LogP contribution in [0.15, 0.2) is 23.0 Å². The molecule has 0 saturated heterocycles. The zero-order valence-corrected chi connectivity index (χ0v) is 7.37. The number of rotatable bonds is 0. The van der Waals surface area contributed by atoms with E-state index >= 15 is 0 Å². The SMILES string of the molecule is CC1=CCC(C(F)(F)F)C(F)=C1C. The van der Waals surface area contributed by atoms with Crippen molar-refractivity contribution >= 4 is 0 Å². The minimum absolute atomic E-state index is 0.119. The van der Waals surface area contributed by atoms with Crippen molar-refractivity contribution < 1.29 is 17.6 Å². The second-order valence-electron chi connectivity index (χ2n) is 3.19. The molecule has 1 aliphatic rings. The van der Waals surface area contributed by atoms with Gasteiger partial charge in [-0.1, -0.05) is 6.08 Å². The van der Waals surface area contributed by atoms with Gasteiger partial charge in [-0.05, 0) is 31.4 Å². The van der Waals surface area contributed by atoms with Crippen molar-refractivity contribution in [2.24, 2.45) is 5.92 Å². The number of halogens is 4. The fourth-order valence-electron chi connectivity index (χ4n) is 1.28. The van der Waals surface area contributed by atoms with Gasteiger partial charge in [0.25, 0.3) is 0 Å². The van der Waals surface area contributed by atoms with E-state index in [4.69, 9.17) is 0 Å². The molecule has 74 valence electrons. The van der Waals surface area contributed by atoms with E-state index in [1.807, 2.05) is 0 Å². The third kappa shape index (κ3) is 1.92. The van der Waals surface area contributed by atoms with Crippen LogP contribution in [0.5, 0.6) is 0 Å². The van der Waals surface area contributed by atoms with Gasteiger partial charge >= 0.3 is 6.18 Å². The standard InChI is InChI=1S/C9H10F4/c1-5-3-4-7(9(11,12)13)8(10)6(5)2/h3,7H,4H2,1-2H3. The molecule has 0 aromatic carbocycles. The Bertz CT molecular complexity index is 270. The van der Waals surface area contributed by atoms with Crippen LogP contribution in [0.2, 0.25) is 0 Å². The van der Waals surface area contributed by atoms with Crippen LogP contribution in [-0.4, -0.2) is 6.18 Å². The zero-order chi connectivity index (χ0) is 10.2. The number of hydrogen-bond acceptors (Lipinski definition) is 0. The van der Waals surface area contributed by atoms with Crippen LogP contribution in [0.25, 0.3) is 0 Å². The summed E-state index contributed by atoms with van der Waals surface area (Å²) in [6.07, 6.45) is -3.32. The average Bonchev–Trinajstić information content (AvgIpc) is 1.98. The number of alkyl halides is 3. The molecule has 0 radical (unpaired) electrons. The molecule has 1 atom stereocenters. The van der Waals surface area contributed by atoms with Crippen LogP contribution in [0.1, 0.15) is 20.3 Å². The van der Waals surface area contributed by atoms with Crippen molar-refractivity contribution in [3.05, 3.63) is 23.0 Å². The summed E-state index contributed by atoms with van der Waals surface area (Å²) >= 11 is 0. The Morgan fingerprint density at radius 2 is 1.85 bits per heavy atom. The molecule has 1 unspecified atom stereocenters. The monoisotopic (exact) mass is 194 g/mol. The van der Waals surface area contributed by atoms with Gasteiger partial charge in [0.05, 0.1) is 0 Å². The van der Waals surface area contributed by atoms with Gasteiger partial charge in [-0.25, -0.2) is 4.39 Å². The lowest BCUT2D eigenvalue weighted by atomic mass is 9.90. The lowest BCUT2D eigenvalue weighted by Crippen LogP contribution is -2.25. The first-order valence-electron chi connectivity index (χ1n) is 3.94. The third-order valence-corrected chi connectivity index (χ3v) is 2.31. The minimum Gasteiger partial charge on any atom is -0.211 e. The molecule has 1 rings (SSSR count). The molecule has 13 heavy (non-hydrogen) atoms. The van der Waals surface area contributed by atoms with Gasteiger partial charge in [0.1, 0.15) is 11.7 Å². The lowest BCUT2D eigenvalue weighted by molar-refractivity contribution is -0.167. The molecule has 0 fully saturated rings. The Labute approximate surface area is 73.9 Å². The van der Waals surface area contributed by atoms with E-state index in [1.165, 1.54) is 13.0 Å². The smallest absolute Gasteiger partial charge is 0.211 e. The van der Waals surface area contributed by atoms with E-state index < -0.39 is 17.9 Å². The maximum absolute atomic E-state index is 13.1. The van der Waals surface area contributed by atoms with Crippen molar-refractivity contribution in [2.45, 2.75) is 26.4 Å². The zero-order valence-electron chi connectivity index (χ0n) is 7.37. The molecule has 0 aromatic heterocycles. The largest absolute Gasteiger partial charge is 0.398 e. The highest BCUT2D eigenvalue weighted by molar-refractivity contribution is 5.34. The second-order valence-corrected chi connectivity index (χ2v) is 3.19. The predicted octanol–water partition coefficient (Wildman–Crippen LogP) is 3.76. The summed E-state index contributed by atoms with van der Waals surface area (Å²) in [5, 5.41) is 0. The van der Waals surface area contributed by atoms with Crippen molar-refractivity contribution in [1.29, 1.82) is 0 Å². The first-order valence-corrected chi connectivity index (χ1v) is 3.94. The third-order valence-electron chi connectivity index (χ3n) is 2.31. The summed E-state index contributed by atoms with van der Waals surface area (Å²) in [4.78, 5) is 0. The fourth-order valence-corrected chi connectivity index (χ4v) is 1.28. The summed E-state index contributed by atoms with van der Waals surface area (Å²) in [5.41, 5.74) is 0.714. The van der Waals surface area contributed by atoms with Crippen molar-refractivity contribution in [3.8, 4) is 0 Å². The van der Waals surface area contributed by atoms with E-state index in [9.17, 15) is 17.6 Å². The molecule has 0 spiro atoms. The van der Waals surface area contributed by atoms with Crippen molar-refractivity contribution in [2.75, 3.05) is 0 Å². The first kappa shape index (κ1) is 10.3. The molecule has 0 aliphatic heterocycles. The van der Waals surface area contributed by atoms with Gasteiger partial charge in [-0.2, -0.15) is 13.2 Å². The maximum atomic E-state index is 13.1. The Morgan fingerprint density at radius 1 is 1.31 bits per heavy atom. The van der Waals surface area contributed by atoms with E-state index in [-0.39, 0.29) is 12.0 Å². The Hall–Kier alpha value is -0.800. The summed E-state index contributed by atoms with van der Waals surface area (Å²) in [5.74, 6) is -2.97. The molecule has 1 aliphatic carbocycles. The summed E-state index contributed by atoms with van der Waals surface area (Å²) < 4.78 is 49.7. The maximum Gasteiger partial charge on any atom is 0.398 e. The quantitative estimate of drug-likeness (QED) is 0.515. The van der Waals surface area contributed by atoms with Gasteiger partial charge < -0.3 is 0 Å². The highest BCUT2D eigenvalue weighted by Crippen LogP contribution is 2.40. The molecular formula is C9H10F4. The van der Waals surface area contributed by atoms with E-state index in [0.717, 1.165) is 0 Å². The van der Waals surface area contributed by atoms with Gasteiger partial charge in [0.2, 0.25) is 0 Å². The predicted molar refractivity (Wildman–Crippen MR) is 41.7 cm³/mol. The van der Waals surface area contributed by atoms with Gasteiger partial charge in [0.15, 0.2) is 0 Å². The topological polar surface area (TPSA) is 0 Å². The molecule has 0 nitrogen and oxygen atoms in total. The second kappa shape index (κ2) is 3.16. The van der Waals surface area contributed by atoms with E-state index in [1.54, 1.807) is 6.92 Å². The highest BCUT2D eigenvalue weighted by atomic mass is 19.4. The highest BCUT2D eigenvalue weighted by Gasteiger charge is 2.43. The summed E-state index contributed by atoms with van der Waals surface area (Å²) in [7, 11) is 0. The Balaban J connectivity index is 2.99. The van der Waals surface area contributed by atoms with Gasteiger partial charge in [-0.3, -0.25) is 0 Å². The van der Waals surface area contributed by atoms with Crippen LogP contribution >= 0.6 is 0 Å². The number of hydrogen-bond donors (Lipinski definition) is 0. The molecule has 4 heteroatoms. The Morgan fingerprint density at radius 3 is 2.31 bits per heavy atom. The van der Waals surface area contributed by atoms with Crippen molar-refractivity contribution in [3.63, 3.8) is 0 Å². The van der Waals surface area contributed by atoms with Gasteiger partial charge in [0, 0.05) is 0 Å². The summed E-state index contributed by atoms with van der Waals surface area (Å²) in [6, 6.07) is 0. The number of allylic oxidation sites excluding steroid dienone is 4. The van der Waals surface area contributed by atoms with Crippen LogP contribution in [-0.2, 0) is 0 Å². The van der Waals surface area contributed by atoms with E-state index in [2.05, 4.69) is 0 Å². The van der Waals surface area contributed by atoms with Crippen LogP contribution in [0, 0.1) is 5.92 Å². The van der Waals surface area contributed by atoms with Crippen LogP contribution in [0.4, 0.5) is 17.6 Å². The molecule has 0 heterocycles. The fraction of sp³-hybridized carbons (Fsp3) is 0.556. The summed E-state index contributed by atoms with van der Waals surface area (Å²) in [6.45, 7) is 2.99. The van der Waals surface area contributed by atoms with Crippen LogP contribution < -0.4 is 0 Å². The van der Waals surface area contributed by atoms with Gasteiger partial charge in [-0.15, -0.1) is 0 Å². The molecular weight excluding hydrogens is 184 g/mol. The van der Waals surface area contributed by atoms with E-state index in [0.29, 0.717) is 5.57 Å². The molecule has 0 N–H and O–H groups in total. The van der Waals surface area contributed by atoms with Crippen LogP contribution in [0.3, 0.4) is 0 Å². The molecule has 0 saturated carbocycles. The molecule has 0 bridgehead atoms. The minimum atomic E-state index is -4.47.